The van der Waals surface area contributed by atoms with Crippen molar-refractivity contribution >= 4 is 16.7 Å². The van der Waals surface area contributed by atoms with Gasteiger partial charge < -0.3 is 5.32 Å². The highest BCUT2D eigenvalue weighted by atomic mass is 16.1. The van der Waals surface area contributed by atoms with Crippen molar-refractivity contribution in [2.45, 2.75) is 31.2 Å². The number of amides is 1. The Bertz CT molecular complexity index is 837. The molecule has 23 heavy (non-hydrogen) atoms. The van der Waals surface area contributed by atoms with Crippen LogP contribution in [0.1, 0.15) is 41.9 Å². The van der Waals surface area contributed by atoms with E-state index in [0.29, 0.717) is 11.4 Å². The summed E-state index contributed by atoms with van der Waals surface area (Å²) in [7, 11) is 0. The zero-order valence-corrected chi connectivity index (χ0v) is 12.6. The molecule has 1 aliphatic carbocycles. The molecular weight excluding hydrogens is 290 g/mol. The molecule has 0 radical (unpaired) electrons. The van der Waals surface area contributed by atoms with E-state index in [-0.39, 0.29) is 5.91 Å². The molecule has 2 N–H and O–H groups in total. The van der Waals surface area contributed by atoms with E-state index in [1.165, 1.54) is 0 Å². The van der Waals surface area contributed by atoms with E-state index < -0.39 is 5.54 Å². The molecule has 2 aromatic carbocycles. The van der Waals surface area contributed by atoms with Crippen molar-refractivity contribution in [3.05, 3.63) is 53.9 Å². The Kier molecular flexibility index (Phi) is 3.29. The summed E-state index contributed by atoms with van der Waals surface area (Å²) >= 11 is 0. The summed E-state index contributed by atoms with van der Waals surface area (Å²) in [6.45, 7) is 0. The SMILES string of the molecule is O=C(NC1(c2nn[nH]n2)CCCC1)c1ccc2ccccc2c1. The number of aromatic nitrogens is 4. The van der Waals surface area contributed by atoms with Crippen LogP contribution in [0.2, 0.25) is 0 Å². The fraction of sp³-hybridized carbons (Fsp3) is 0.294. The maximum absolute atomic E-state index is 12.7. The molecule has 0 atom stereocenters. The fourth-order valence-electron chi connectivity index (χ4n) is 3.37. The zero-order chi connectivity index (χ0) is 15.7. The lowest BCUT2D eigenvalue weighted by molar-refractivity contribution is 0.0893. The molecule has 1 amide bonds. The maximum atomic E-state index is 12.7. The predicted octanol–water partition coefficient (Wildman–Crippen LogP) is 2.55. The molecular formula is C17H17N5O. The van der Waals surface area contributed by atoms with Crippen molar-refractivity contribution in [1.82, 2.24) is 25.9 Å². The minimum absolute atomic E-state index is 0.0950. The smallest absolute Gasteiger partial charge is 0.252 e. The van der Waals surface area contributed by atoms with Gasteiger partial charge in [-0.3, -0.25) is 4.79 Å². The van der Waals surface area contributed by atoms with Crippen molar-refractivity contribution in [3.63, 3.8) is 0 Å². The number of benzene rings is 2. The number of carbonyl (C=O) groups is 1. The molecule has 0 saturated heterocycles. The molecule has 4 rings (SSSR count). The third-order valence-corrected chi connectivity index (χ3v) is 4.59. The average molecular weight is 307 g/mol. The van der Waals surface area contributed by atoms with Gasteiger partial charge in [-0.15, -0.1) is 10.2 Å². The first-order chi connectivity index (χ1) is 11.3. The van der Waals surface area contributed by atoms with Gasteiger partial charge in [-0.05, 0) is 35.7 Å². The molecule has 1 aliphatic rings. The van der Waals surface area contributed by atoms with Gasteiger partial charge in [-0.2, -0.15) is 5.21 Å². The minimum Gasteiger partial charge on any atom is -0.339 e. The van der Waals surface area contributed by atoms with Crippen molar-refractivity contribution in [2.24, 2.45) is 0 Å². The van der Waals surface area contributed by atoms with Crippen LogP contribution >= 0.6 is 0 Å². The largest absolute Gasteiger partial charge is 0.339 e. The number of aromatic amines is 1. The monoisotopic (exact) mass is 307 g/mol. The lowest BCUT2D eigenvalue weighted by Gasteiger charge is -2.26. The second-order valence-electron chi connectivity index (χ2n) is 6.04. The molecule has 1 saturated carbocycles. The fourth-order valence-corrected chi connectivity index (χ4v) is 3.37. The Balaban J connectivity index is 1.65. The van der Waals surface area contributed by atoms with Gasteiger partial charge >= 0.3 is 0 Å². The minimum atomic E-state index is -0.504. The molecule has 116 valence electrons. The van der Waals surface area contributed by atoms with Crippen molar-refractivity contribution < 1.29 is 4.79 Å². The van der Waals surface area contributed by atoms with E-state index in [0.717, 1.165) is 36.5 Å². The number of hydrogen-bond acceptors (Lipinski definition) is 4. The van der Waals surface area contributed by atoms with E-state index in [4.69, 9.17) is 0 Å². The van der Waals surface area contributed by atoms with Gasteiger partial charge in [0.2, 0.25) is 0 Å². The van der Waals surface area contributed by atoms with Crippen LogP contribution in [-0.4, -0.2) is 26.5 Å². The predicted molar refractivity (Wildman–Crippen MR) is 85.7 cm³/mol. The Morgan fingerprint density at radius 1 is 1.09 bits per heavy atom. The molecule has 0 bridgehead atoms. The average Bonchev–Trinajstić information content (AvgIpc) is 3.26. The standard InChI is InChI=1S/C17H17N5O/c23-15(14-8-7-12-5-1-2-6-13(12)11-14)18-17(9-3-4-10-17)16-19-21-22-20-16/h1-2,5-8,11H,3-4,9-10H2,(H,18,23)(H,19,20,21,22). The quantitative estimate of drug-likeness (QED) is 0.779. The molecule has 1 fully saturated rings. The third-order valence-electron chi connectivity index (χ3n) is 4.59. The molecule has 1 aromatic heterocycles. The number of tetrazole rings is 1. The van der Waals surface area contributed by atoms with Crippen LogP contribution in [0.4, 0.5) is 0 Å². The van der Waals surface area contributed by atoms with Crippen LogP contribution in [0.5, 0.6) is 0 Å². The summed E-state index contributed by atoms with van der Waals surface area (Å²) in [5, 5.41) is 19.7. The van der Waals surface area contributed by atoms with Gasteiger partial charge in [0.05, 0.1) is 0 Å². The molecule has 0 spiro atoms. The summed E-state index contributed by atoms with van der Waals surface area (Å²) in [5.74, 6) is 0.478. The highest BCUT2D eigenvalue weighted by Crippen LogP contribution is 2.36. The van der Waals surface area contributed by atoms with E-state index in [1.54, 1.807) is 0 Å². The van der Waals surface area contributed by atoms with Crippen LogP contribution in [-0.2, 0) is 5.54 Å². The number of fused-ring (bicyclic) bond motifs is 1. The van der Waals surface area contributed by atoms with Crippen LogP contribution in [0.25, 0.3) is 10.8 Å². The van der Waals surface area contributed by atoms with Gasteiger partial charge in [0.1, 0.15) is 5.54 Å². The van der Waals surface area contributed by atoms with Crippen molar-refractivity contribution in [1.29, 1.82) is 0 Å². The van der Waals surface area contributed by atoms with Crippen LogP contribution in [0.15, 0.2) is 42.5 Å². The second-order valence-corrected chi connectivity index (χ2v) is 6.04. The molecule has 0 aliphatic heterocycles. The first-order valence-corrected chi connectivity index (χ1v) is 7.82. The van der Waals surface area contributed by atoms with Gasteiger partial charge in [-0.25, -0.2) is 0 Å². The number of carbonyl (C=O) groups excluding carboxylic acids is 1. The lowest BCUT2D eigenvalue weighted by Crippen LogP contribution is -2.44. The lowest BCUT2D eigenvalue weighted by atomic mass is 9.95. The zero-order valence-electron chi connectivity index (χ0n) is 12.6. The van der Waals surface area contributed by atoms with Crippen LogP contribution < -0.4 is 5.32 Å². The molecule has 6 heteroatoms. The normalized spacial score (nSPS) is 16.5. The van der Waals surface area contributed by atoms with E-state index in [1.807, 2.05) is 42.5 Å². The highest BCUT2D eigenvalue weighted by Gasteiger charge is 2.40. The highest BCUT2D eigenvalue weighted by molar-refractivity contribution is 5.99. The van der Waals surface area contributed by atoms with Crippen molar-refractivity contribution in [2.75, 3.05) is 0 Å². The number of nitrogens with one attached hydrogen (secondary N) is 2. The summed E-state index contributed by atoms with van der Waals surface area (Å²) in [6, 6.07) is 13.8. The first kappa shape index (κ1) is 13.9. The Labute approximate surface area is 133 Å². The summed E-state index contributed by atoms with van der Waals surface area (Å²) in [6.07, 6.45) is 3.77. The summed E-state index contributed by atoms with van der Waals surface area (Å²) < 4.78 is 0. The van der Waals surface area contributed by atoms with E-state index in [2.05, 4.69) is 25.9 Å². The number of nitrogens with zero attached hydrogens (tertiary/aromatic N) is 3. The number of rotatable bonds is 3. The second kappa shape index (κ2) is 5.46. The van der Waals surface area contributed by atoms with Gasteiger partial charge in [-0.1, -0.05) is 48.4 Å². The number of hydrogen-bond donors (Lipinski definition) is 2. The van der Waals surface area contributed by atoms with Gasteiger partial charge in [0.15, 0.2) is 5.82 Å². The Hall–Kier alpha value is -2.76. The van der Waals surface area contributed by atoms with Gasteiger partial charge in [0, 0.05) is 5.56 Å². The summed E-state index contributed by atoms with van der Waals surface area (Å²) in [5.41, 5.74) is 0.147. The number of H-pyrrole nitrogens is 1. The topological polar surface area (TPSA) is 83.6 Å². The molecule has 3 aromatic rings. The molecule has 0 unspecified atom stereocenters. The first-order valence-electron chi connectivity index (χ1n) is 7.82. The third kappa shape index (κ3) is 2.46. The Morgan fingerprint density at radius 2 is 1.87 bits per heavy atom. The molecule has 6 nitrogen and oxygen atoms in total. The molecule has 1 heterocycles. The van der Waals surface area contributed by atoms with Gasteiger partial charge in [0.25, 0.3) is 5.91 Å². The maximum Gasteiger partial charge on any atom is 0.252 e. The summed E-state index contributed by atoms with van der Waals surface area (Å²) in [4.78, 5) is 12.7. The Morgan fingerprint density at radius 3 is 2.61 bits per heavy atom. The van der Waals surface area contributed by atoms with E-state index in [9.17, 15) is 4.79 Å². The van der Waals surface area contributed by atoms with Crippen molar-refractivity contribution in [3.8, 4) is 0 Å². The van der Waals surface area contributed by atoms with Crippen LogP contribution in [0.3, 0.4) is 0 Å². The van der Waals surface area contributed by atoms with Crippen LogP contribution in [0, 0.1) is 0 Å². The van der Waals surface area contributed by atoms with E-state index >= 15 is 0 Å².